The highest BCUT2D eigenvalue weighted by Crippen LogP contribution is 2.21. The second kappa shape index (κ2) is 4.23. The highest BCUT2D eigenvalue weighted by atomic mass is 19.1. The van der Waals surface area contributed by atoms with Gasteiger partial charge in [0.15, 0.2) is 0 Å². The third-order valence-corrected chi connectivity index (χ3v) is 2.43. The number of phenolic OH excluding ortho intramolecular Hbond substituents is 1. The molecule has 0 heterocycles. The molecule has 0 aliphatic heterocycles. The number of halogens is 1. The number of benzene rings is 2. The Bertz CT molecular complexity index is 494. The van der Waals surface area contributed by atoms with Crippen molar-refractivity contribution >= 4 is 5.69 Å². The van der Waals surface area contributed by atoms with Crippen molar-refractivity contribution in [1.82, 2.24) is 0 Å². The minimum absolute atomic E-state index is 0.186. The lowest BCUT2D eigenvalue weighted by Crippen LogP contribution is -1.95. The second-order valence-corrected chi connectivity index (χ2v) is 3.69. The van der Waals surface area contributed by atoms with E-state index in [-0.39, 0.29) is 11.6 Å². The smallest absolute Gasteiger partial charge is 0.123 e. The first-order valence-corrected chi connectivity index (χ1v) is 4.97. The monoisotopic (exact) mass is 217 g/mol. The molecule has 0 atom stereocenters. The molecule has 0 aliphatic rings. The molecule has 0 aromatic heterocycles. The predicted octanol–water partition coefficient (Wildman–Crippen LogP) is 2.70. The quantitative estimate of drug-likeness (QED) is 0.600. The summed E-state index contributed by atoms with van der Waals surface area (Å²) >= 11 is 0. The van der Waals surface area contributed by atoms with Gasteiger partial charge >= 0.3 is 0 Å². The first-order chi connectivity index (χ1) is 7.65. The molecule has 16 heavy (non-hydrogen) atoms. The van der Waals surface area contributed by atoms with E-state index in [9.17, 15) is 9.50 Å². The Morgan fingerprint density at radius 3 is 2.44 bits per heavy atom. The maximum atomic E-state index is 12.7. The van der Waals surface area contributed by atoms with Crippen LogP contribution in [0.5, 0.6) is 5.75 Å². The van der Waals surface area contributed by atoms with E-state index in [2.05, 4.69) is 0 Å². The number of rotatable bonds is 2. The Morgan fingerprint density at radius 1 is 1.06 bits per heavy atom. The fraction of sp³-hybridized carbons (Fsp3) is 0.0769. The molecule has 0 amide bonds. The van der Waals surface area contributed by atoms with Crippen molar-refractivity contribution in [3.63, 3.8) is 0 Å². The number of anilines is 1. The van der Waals surface area contributed by atoms with Crippen molar-refractivity contribution in [3.05, 3.63) is 59.4 Å². The van der Waals surface area contributed by atoms with Gasteiger partial charge in [-0.05, 0) is 47.9 Å². The summed E-state index contributed by atoms with van der Waals surface area (Å²) in [6.45, 7) is 0. The zero-order valence-electron chi connectivity index (χ0n) is 8.65. The van der Waals surface area contributed by atoms with Gasteiger partial charge in [-0.25, -0.2) is 4.39 Å². The average Bonchev–Trinajstić information content (AvgIpc) is 2.27. The molecule has 2 aromatic carbocycles. The summed E-state index contributed by atoms with van der Waals surface area (Å²) in [5.74, 6) is -0.0704. The van der Waals surface area contributed by atoms with Crippen LogP contribution in [0.4, 0.5) is 10.1 Å². The molecule has 2 aromatic rings. The minimum atomic E-state index is -0.257. The molecule has 0 unspecified atom stereocenters. The van der Waals surface area contributed by atoms with E-state index in [1.165, 1.54) is 12.1 Å². The van der Waals surface area contributed by atoms with Crippen molar-refractivity contribution in [2.24, 2.45) is 0 Å². The standard InChI is InChI=1S/C13H12FNO/c14-11-3-1-9(2-4-11)7-10-8-12(16)5-6-13(10)15/h1-6,8,16H,7,15H2. The fourth-order valence-electron chi connectivity index (χ4n) is 1.57. The van der Waals surface area contributed by atoms with E-state index < -0.39 is 0 Å². The molecule has 2 nitrogen and oxygen atoms in total. The van der Waals surface area contributed by atoms with Gasteiger partial charge in [-0.2, -0.15) is 0 Å². The predicted molar refractivity (Wildman–Crippen MR) is 61.7 cm³/mol. The van der Waals surface area contributed by atoms with Crippen LogP contribution in [0.3, 0.4) is 0 Å². The lowest BCUT2D eigenvalue weighted by molar-refractivity contribution is 0.475. The molecule has 0 radical (unpaired) electrons. The molecular formula is C13H12FNO. The number of nitrogens with two attached hydrogens (primary N) is 1. The Balaban J connectivity index is 2.26. The van der Waals surface area contributed by atoms with Gasteiger partial charge in [0.05, 0.1) is 0 Å². The van der Waals surface area contributed by atoms with E-state index in [1.807, 2.05) is 0 Å². The van der Waals surface area contributed by atoms with Gasteiger partial charge in [0.25, 0.3) is 0 Å². The van der Waals surface area contributed by atoms with Crippen molar-refractivity contribution < 1.29 is 9.50 Å². The molecule has 0 saturated heterocycles. The third-order valence-electron chi connectivity index (χ3n) is 2.43. The summed E-state index contributed by atoms with van der Waals surface area (Å²) in [6, 6.07) is 11.1. The topological polar surface area (TPSA) is 46.2 Å². The van der Waals surface area contributed by atoms with E-state index >= 15 is 0 Å². The number of hydrogen-bond donors (Lipinski definition) is 2. The number of nitrogen functional groups attached to an aromatic ring is 1. The summed E-state index contributed by atoms with van der Waals surface area (Å²) in [7, 11) is 0. The lowest BCUT2D eigenvalue weighted by Gasteiger charge is -2.06. The SMILES string of the molecule is Nc1ccc(O)cc1Cc1ccc(F)cc1. The average molecular weight is 217 g/mol. The molecule has 0 spiro atoms. The molecule has 3 heteroatoms. The maximum absolute atomic E-state index is 12.7. The van der Waals surface area contributed by atoms with Gasteiger partial charge in [-0.3, -0.25) is 0 Å². The van der Waals surface area contributed by atoms with E-state index in [4.69, 9.17) is 5.73 Å². The number of phenols is 1. The molecule has 82 valence electrons. The summed E-state index contributed by atoms with van der Waals surface area (Å²) in [5.41, 5.74) is 8.21. The van der Waals surface area contributed by atoms with Crippen LogP contribution in [0.1, 0.15) is 11.1 Å². The molecule has 0 bridgehead atoms. The van der Waals surface area contributed by atoms with Crippen LogP contribution in [0.25, 0.3) is 0 Å². The molecular weight excluding hydrogens is 205 g/mol. The van der Waals surface area contributed by atoms with Crippen LogP contribution in [0.2, 0.25) is 0 Å². The summed E-state index contributed by atoms with van der Waals surface area (Å²) < 4.78 is 12.7. The molecule has 3 N–H and O–H groups in total. The Morgan fingerprint density at radius 2 is 1.75 bits per heavy atom. The summed E-state index contributed by atoms with van der Waals surface area (Å²) in [6.07, 6.45) is 0.584. The van der Waals surface area contributed by atoms with E-state index in [1.54, 1.807) is 30.3 Å². The second-order valence-electron chi connectivity index (χ2n) is 3.69. The van der Waals surface area contributed by atoms with Gasteiger partial charge in [0, 0.05) is 5.69 Å². The lowest BCUT2D eigenvalue weighted by atomic mass is 10.0. The van der Waals surface area contributed by atoms with E-state index in [0.29, 0.717) is 12.1 Å². The zero-order chi connectivity index (χ0) is 11.5. The summed E-state index contributed by atoms with van der Waals surface area (Å²) in [4.78, 5) is 0. The first kappa shape index (κ1) is 10.5. The van der Waals surface area contributed by atoms with Crippen LogP contribution in [0, 0.1) is 5.82 Å². The van der Waals surface area contributed by atoms with Crippen LogP contribution >= 0.6 is 0 Å². The normalized spacial score (nSPS) is 10.3. The fourth-order valence-corrected chi connectivity index (χ4v) is 1.57. The Hall–Kier alpha value is -2.03. The highest BCUT2D eigenvalue weighted by Gasteiger charge is 2.02. The molecule has 2 rings (SSSR count). The zero-order valence-corrected chi connectivity index (χ0v) is 8.65. The summed E-state index contributed by atoms with van der Waals surface area (Å²) in [5, 5.41) is 9.34. The minimum Gasteiger partial charge on any atom is -0.508 e. The molecule has 0 aliphatic carbocycles. The molecule has 0 saturated carbocycles. The van der Waals surface area contributed by atoms with Crippen molar-refractivity contribution in [2.45, 2.75) is 6.42 Å². The largest absolute Gasteiger partial charge is 0.508 e. The van der Waals surface area contributed by atoms with Crippen molar-refractivity contribution in [3.8, 4) is 5.75 Å². The van der Waals surface area contributed by atoms with Crippen LogP contribution in [-0.2, 0) is 6.42 Å². The third kappa shape index (κ3) is 2.31. The van der Waals surface area contributed by atoms with Gasteiger partial charge in [-0.15, -0.1) is 0 Å². The number of hydrogen-bond acceptors (Lipinski definition) is 2. The van der Waals surface area contributed by atoms with Gasteiger partial charge in [-0.1, -0.05) is 12.1 Å². The first-order valence-electron chi connectivity index (χ1n) is 4.97. The Kier molecular flexibility index (Phi) is 2.77. The van der Waals surface area contributed by atoms with Crippen LogP contribution < -0.4 is 5.73 Å². The van der Waals surface area contributed by atoms with Gasteiger partial charge < -0.3 is 10.8 Å². The van der Waals surface area contributed by atoms with Crippen molar-refractivity contribution in [2.75, 3.05) is 5.73 Å². The van der Waals surface area contributed by atoms with Gasteiger partial charge in [0.1, 0.15) is 11.6 Å². The van der Waals surface area contributed by atoms with Gasteiger partial charge in [0.2, 0.25) is 0 Å². The molecule has 0 fully saturated rings. The maximum Gasteiger partial charge on any atom is 0.123 e. The van der Waals surface area contributed by atoms with Crippen molar-refractivity contribution in [1.29, 1.82) is 0 Å². The van der Waals surface area contributed by atoms with E-state index in [0.717, 1.165) is 11.1 Å². The highest BCUT2D eigenvalue weighted by molar-refractivity contribution is 5.51. The number of aromatic hydroxyl groups is 1. The van der Waals surface area contributed by atoms with Crippen LogP contribution in [0.15, 0.2) is 42.5 Å². The Labute approximate surface area is 93.2 Å². The van der Waals surface area contributed by atoms with Crippen LogP contribution in [-0.4, -0.2) is 5.11 Å².